The number of hydrazone groups is 1. The van der Waals surface area contributed by atoms with Gasteiger partial charge in [-0.05, 0) is 36.5 Å². The number of fused-ring (bicyclic) bond motifs is 5. The first kappa shape index (κ1) is 13.7. The molecule has 2 bridgehead atoms. The largest absolute Gasteiger partial charge is 0.507 e. The van der Waals surface area contributed by atoms with E-state index in [4.69, 9.17) is 0 Å². The average molecular weight is 361 g/mol. The molecule has 4 atom stereocenters. The number of imide groups is 1. The molecule has 0 unspecified atom stereocenters. The average Bonchev–Trinajstić information content (AvgIpc) is 3.16. The molecule has 1 saturated carbocycles. The fraction of sp³-hybridized carbons (Fsp3) is 0.312. The Bertz CT molecular complexity index is 713. The summed E-state index contributed by atoms with van der Waals surface area (Å²) in [6.07, 6.45) is 6.35. The molecule has 2 aliphatic carbocycles. The van der Waals surface area contributed by atoms with Crippen molar-refractivity contribution in [1.82, 2.24) is 5.01 Å². The molecule has 1 saturated heterocycles. The van der Waals surface area contributed by atoms with Gasteiger partial charge in [-0.2, -0.15) is 10.1 Å². The highest BCUT2D eigenvalue weighted by molar-refractivity contribution is 9.10. The molecule has 2 fully saturated rings. The van der Waals surface area contributed by atoms with Crippen molar-refractivity contribution in [3.05, 3.63) is 40.4 Å². The molecule has 1 aromatic rings. The van der Waals surface area contributed by atoms with Gasteiger partial charge < -0.3 is 5.11 Å². The highest BCUT2D eigenvalue weighted by Gasteiger charge is 2.59. The number of amides is 2. The maximum Gasteiger partial charge on any atom is 0.254 e. The number of rotatable bonds is 2. The van der Waals surface area contributed by atoms with Gasteiger partial charge in [-0.1, -0.05) is 28.1 Å². The Morgan fingerprint density at radius 1 is 1.18 bits per heavy atom. The van der Waals surface area contributed by atoms with Crippen LogP contribution in [0.3, 0.4) is 0 Å². The van der Waals surface area contributed by atoms with Crippen molar-refractivity contribution in [2.45, 2.75) is 6.42 Å². The molecule has 0 radical (unpaired) electrons. The maximum atomic E-state index is 12.4. The summed E-state index contributed by atoms with van der Waals surface area (Å²) in [6, 6.07) is 4.90. The highest BCUT2D eigenvalue weighted by Crippen LogP contribution is 2.52. The van der Waals surface area contributed by atoms with Gasteiger partial charge in [0.1, 0.15) is 5.75 Å². The Morgan fingerprint density at radius 2 is 1.82 bits per heavy atom. The van der Waals surface area contributed by atoms with Gasteiger partial charge in [0.25, 0.3) is 11.8 Å². The molecule has 0 aromatic heterocycles. The summed E-state index contributed by atoms with van der Waals surface area (Å²) in [5.74, 6) is -0.563. The van der Waals surface area contributed by atoms with Crippen LogP contribution in [0.25, 0.3) is 0 Å². The minimum atomic E-state index is -0.254. The van der Waals surface area contributed by atoms with E-state index in [0.29, 0.717) is 5.56 Å². The molecule has 22 heavy (non-hydrogen) atoms. The van der Waals surface area contributed by atoms with Crippen LogP contribution in [0.2, 0.25) is 0 Å². The Labute approximate surface area is 135 Å². The summed E-state index contributed by atoms with van der Waals surface area (Å²) in [5.41, 5.74) is 0.452. The zero-order valence-corrected chi connectivity index (χ0v) is 13.1. The summed E-state index contributed by atoms with van der Waals surface area (Å²) in [5, 5.41) is 14.8. The second-order valence-corrected chi connectivity index (χ2v) is 6.85. The number of hydrogen-bond acceptors (Lipinski definition) is 4. The summed E-state index contributed by atoms with van der Waals surface area (Å²) in [4.78, 5) is 24.9. The van der Waals surface area contributed by atoms with Crippen LogP contribution in [0.4, 0.5) is 0 Å². The lowest BCUT2D eigenvalue weighted by molar-refractivity contribution is -0.140. The van der Waals surface area contributed by atoms with Crippen molar-refractivity contribution in [3.8, 4) is 5.75 Å². The first-order valence-corrected chi connectivity index (χ1v) is 7.94. The van der Waals surface area contributed by atoms with E-state index in [2.05, 4.69) is 21.0 Å². The lowest BCUT2D eigenvalue weighted by Gasteiger charge is -2.13. The number of allylic oxidation sites excluding steroid dienone is 2. The second-order valence-electron chi connectivity index (χ2n) is 5.94. The molecule has 1 heterocycles. The van der Waals surface area contributed by atoms with Crippen LogP contribution in [0.1, 0.15) is 12.0 Å². The van der Waals surface area contributed by atoms with Gasteiger partial charge in [0.15, 0.2) is 0 Å². The Balaban J connectivity index is 1.62. The van der Waals surface area contributed by atoms with Crippen LogP contribution in [0.5, 0.6) is 5.75 Å². The topological polar surface area (TPSA) is 70.0 Å². The van der Waals surface area contributed by atoms with E-state index in [0.717, 1.165) is 15.9 Å². The third-order valence-corrected chi connectivity index (χ3v) is 5.24. The third kappa shape index (κ3) is 1.86. The lowest BCUT2D eigenvalue weighted by Crippen LogP contribution is -2.28. The molecule has 4 rings (SSSR count). The van der Waals surface area contributed by atoms with E-state index in [1.165, 1.54) is 12.3 Å². The van der Waals surface area contributed by atoms with Gasteiger partial charge in [-0.25, -0.2) is 0 Å². The number of carbonyl (C=O) groups excluding carboxylic acids is 2. The Morgan fingerprint density at radius 3 is 2.45 bits per heavy atom. The van der Waals surface area contributed by atoms with Crippen molar-refractivity contribution in [2.75, 3.05) is 0 Å². The fourth-order valence-electron chi connectivity index (χ4n) is 3.75. The van der Waals surface area contributed by atoms with Gasteiger partial charge in [0.2, 0.25) is 0 Å². The van der Waals surface area contributed by atoms with E-state index in [1.54, 1.807) is 12.1 Å². The SMILES string of the molecule is O=C1[C@@H]2[C@H](C(=O)N1N=Cc1cc(Br)ccc1O)[C@H]1C=C[C@H]2C1. The number of halogens is 1. The number of phenols is 1. The normalized spacial score (nSPS) is 32.5. The van der Waals surface area contributed by atoms with Gasteiger partial charge in [-0.3, -0.25) is 9.59 Å². The maximum absolute atomic E-state index is 12.4. The Kier molecular flexibility index (Phi) is 2.97. The van der Waals surface area contributed by atoms with Crippen molar-refractivity contribution < 1.29 is 14.7 Å². The zero-order chi connectivity index (χ0) is 15.4. The number of nitrogens with zero attached hydrogens (tertiary/aromatic N) is 2. The van der Waals surface area contributed by atoms with Crippen molar-refractivity contribution in [1.29, 1.82) is 0 Å². The summed E-state index contributed by atoms with van der Waals surface area (Å²) < 4.78 is 0.782. The van der Waals surface area contributed by atoms with Crippen molar-refractivity contribution in [3.63, 3.8) is 0 Å². The molecule has 112 valence electrons. The number of phenolic OH excluding ortho intramolecular Hbond substituents is 1. The molecule has 1 N–H and O–H groups in total. The molecule has 2 amide bonds. The number of benzene rings is 1. The minimum absolute atomic E-state index is 0.0491. The van der Waals surface area contributed by atoms with Gasteiger partial charge in [-0.15, -0.1) is 0 Å². The molecule has 5 nitrogen and oxygen atoms in total. The van der Waals surface area contributed by atoms with Crippen LogP contribution in [-0.2, 0) is 9.59 Å². The van der Waals surface area contributed by atoms with Gasteiger partial charge in [0, 0.05) is 10.0 Å². The quantitative estimate of drug-likeness (QED) is 0.499. The van der Waals surface area contributed by atoms with Gasteiger partial charge in [0.05, 0.1) is 18.1 Å². The fourth-order valence-corrected chi connectivity index (χ4v) is 4.13. The van der Waals surface area contributed by atoms with E-state index >= 15 is 0 Å². The summed E-state index contributed by atoms with van der Waals surface area (Å²) in [7, 11) is 0. The number of hydrogen-bond donors (Lipinski definition) is 1. The van der Waals surface area contributed by atoms with Crippen LogP contribution >= 0.6 is 15.9 Å². The predicted molar refractivity (Wildman–Crippen MR) is 83.0 cm³/mol. The van der Waals surface area contributed by atoms with Gasteiger partial charge >= 0.3 is 0 Å². The smallest absolute Gasteiger partial charge is 0.254 e. The minimum Gasteiger partial charge on any atom is -0.507 e. The standard InChI is InChI=1S/C16H13BrN2O3/c17-11-3-4-12(20)10(6-11)7-18-19-15(21)13-8-1-2-9(5-8)14(13)16(19)22/h1-4,6-9,13-14,20H,5H2/t8-,9-,13-,14+/m0/s1. The molecule has 0 spiro atoms. The van der Waals surface area contributed by atoms with E-state index < -0.39 is 0 Å². The summed E-state index contributed by atoms with van der Waals surface area (Å²) in [6.45, 7) is 0. The molecule has 1 aliphatic heterocycles. The summed E-state index contributed by atoms with van der Waals surface area (Å²) >= 11 is 3.31. The Hall–Kier alpha value is -1.95. The molecular weight excluding hydrogens is 348 g/mol. The zero-order valence-electron chi connectivity index (χ0n) is 11.5. The third-order valence-electron chi connectivity index (χ3n) is 4.75. The molecule has 6 heteroatoms. The van der Waals surface area contributed by atoms with E-state index in [1.807, 2.05) is 12.2 Å². The molecule has 3 aliphatic rings. The van der Waals surface area contributed by atoms with E-state index in [-0.39, 0.29) is 41.2 Å². The van der Waals surface area contributed by atoms with Crippen molar-refractivity contribution in [2.24, 2.45) is 28.8 Å². The first-order chi connectivity index (χ1) is 10.6. The monoisotopic (exact) mass is 360 g/mol. The van der Waals surface area contributed by atoms with Crippen LogP contribution in [0, 0.1) is 23.7 Å². The highest BCUT2D eigenvalue weighted by atomic mass is 79.9. The van der Waals surface area contributed by atoms with E-state index in [9.17, 15) is 14.7 Å². The lowest BCUT2D eigenvalue weighted by atomic mass is 9.85. The molecular formula is C16H13BrN2O3. The van der Waals surface area contributed by atoms with Crippen LogP contribution < -0.4 is 0 Å². The second kappa shape index (κ2) is 4.78. The molecule has 1 aromatic carbocycles. The number of aromatic hydroxyl groups is 1. The van der Waals surface area contributed by atoms with Crippen molar-refractivity contribution >= 4 is 34.0 Å². The first-order valence-electron chi connectivity index (χ1n) is 7.15. The van der Waals surface area contributed by atoms with Crippen LogP contribution in [-0.4, -0.2) is 28.1 Å². The van der Waals surface area contributed by atoms with Crippen LogP contribution in [0.15, 0.2) is 39.9 Å². The predicted octanol–water partition coefficient (Wildman–Crippen LogP) is 2.30. The number of carbonyl (C=O) groups is 2.